The van der Waals surface area contributed by atoms with Crippen molar-refractivity contribution in [3.63, 3.8) is 0 Å². The molecular formula is C34H39O3S+. The summed E-state index contributed by atoms with van der Waals surface area (Å²) < 4.78 is 13.3. The van der Waals surface area contributed by atoms with Crippen LogP contribution in [0.25, 0.3) is 0 Å². The van der Waals surface area contributed by atoms with E-state index in [4.69, 9.17) is 9.47 Å². The second-order valence-corrected chi connectivity index (χ2v) is 14.5. The molecule has 4 aliphatic carbocycles. The van der Waals surface area contributed by atoms with Crippen molar-refractivity contribution in [2.75, 3.05) is 0 Å². The van der Waals surface area contributed by atoms with E-state index in [2.05, 4.69) is 91.9 Å². The third-order valence-corrected chi connectivity index (χ3v) is 11.3. The number of benzene rings is 3. The van der Waals surface area contributed by atoms with Crippen molar-refractivity contribution < 1.29 is 14.3 Å². The first-order valence-electron chi connectivity index (χ1n) is 14.2. The van der Waals surface area contributed by atoms with Gasteiger partial charge in [-0.15, -0.1) is 0 Å². The molecule has 0 amide bonds. The lowest BCUT2D eigenvalue weighted by molar-refractivity contribution is -0.219. The molecule has 0 saturated heterocycles. The van der Waals surface area contributed by atoms with E-state index in [1.807, 2.05) is 13.8 Å². The van der Waals surface area contributed by atoms with Gasteiger partial charge in [-0.25, -0.2) is 0 Å². The topological polar surface area (TPSA) is 35.5 Å². The van der Waals surface area contributed by atoms with E-state index < -0.39 is 5.41 Å². The van der Waals surface area contributed by atoms with Gasteiger partial charge in [-0.2, -0.15) is 0 Å². The Morgan fingerprint density at radius 2 is 1.29 bits per heavy atom. The summed E-state index contributed by atoms with van der Waals surface area (Å²) in [6.45, 7) is 6.07. The van der Waals surface area contributed by atoms with Crippen LogP contribution in [0.3, 0.4) is 0 Å². The molecule has 0 N–H and O–H groups in total. The van der Waals surface area contributed by atoms with E-state index in [0.29, 0.717) is 11.8 Å². The van der Waals surface area contributed by atoms with Crippen LogP contribution in [-0.2, 0) is 20.4 Å². The summed E-state index contributed by atoms with van der Waals surface area (Å²) in [6.07, 6.45) is 6.98. The first kappa shape index (κ1) is 25.6. The molecule has 3 aromatic carbocycles. The van der Waals surface area contributed by atoms with Gasteiger partial charge < -0.3 is 9.47 Å². The van der Waals surface area contributed by atoms with Gasteiger partial charge in [0.05, 0.1) is 16.3 Å². The number of rotatable bonds is 8. The molecule has 7 rings (SSSR count). The number of esters is 1. The van der Waals surface area contributed by atoms with Gasteiger partial charge in [-0.3, -0.25) is 4.79 Å². The highest BCUT2D eigenvalue weighted by Crippen LogP contribution is 2.60. The van der Waals surface area contributed by atoms with E-state index in [-0.39, 0.29) is 28.1 Å². The predicted octanol–water partition coefficient (Wildman–Crippen LogP) is 8.23. The maximum absolute atomic E-state index is 13.1. The zero-order chi connectivity index (χ0) is 26.4. The highest BCUT2D eigenvalue weighted by Gasteiger charge is 2.61. The van der Waals surface area contributed by atoms with Crippen LogP contribution in [-0.4, -0.2) is 17.2 Å². The lowest BCUT2D eigenvalue weighted by Gasteiger charge is -2.60. The minimum atomic E-state index is -0.442. The summed E-state index contributed by atoms with van der Waals surface area (Å²) in [6, 6.07) is 30.3. The van der Waals surface area contributed by atoms with Gasteiger partial charge in [0.15, 0.2) is 14.7 Å². The van der Waals surface area contributed by atoms with Gasteiger partial charge in [0.2, 0.25) is 0 Å². The van der Waals surface area contributed by atoms with Crippen LogP contribution in [0.5, 0.6) is 5.75 Å². The lowest BCUT2D eigenvalue weighted by Crippen LogP contribution is -2.63. The average molecular weight is 528 g/mol. The van der Waals surface area contributed by atoms with Crippen molar-refractivity contribution in [2.24, 2.45) is 17.3 Å². The molecule has 0 radical (unpaired) electrons. The van der Waals surface area contributed by atoms with Gasteiger partial charge in [-0.1, -0.05) is 43.3 Å². The fourth-order valence-electron chi connectivity index (χ4n) is 7.23. The van der Waals surface area contributed by atoms with Crippen molar-refractivity contribution in [1.82, 2.24) is 0 Å². The summed E-state index contributed by atoms with van der Waals surface area (Å²) in [5.41, 5.74) is -1.04. The molecule has 38 heavy (non-hydrogen) atoms. The Balaban J connectivity index is 1.24. The molecule has 2 atom stereocenters. The summed E-state index contributed by atoms with van der Waals surface area (Å²) >= 11 is 0. The molecule has 4 fully saturated rings. The highest BCUT2D eigenvalue weighted by molar-refractivity contribution is 7.97. The monoisotopic (exact) mass is 527 g/mol. The zero-order valence-corrected chi connectivity index (χ0v) is 23.6. The Morgan fingerprint density at radius 3 is 1.82 bits per heavy atom. The van der Waals surface area contributed by atoms with Crippen molar-refractivity contribution >= 4 is 16.9 Å². The first-order valence-corrected chi connectivity index (χ1v) is 15.4. The SMILES string of the molecule is CCC(C)(C)C(=O)OC12CC3CC(C1)CC(Oc1ccc([S+](c4ccccc4)c4ccccc4)cc1)(C3)C2. The summed E-state index contributed by atoms with van der Waals surface area (Å²) in [4.78, 5) is 17.0. The van der Waals surface area contributed by atoms with Gasteiger partial charge in [0, 0.05) is 6.42 Å². The minimum Gasteiger partial charge on any atom is -0.487 e. The van der Waals surface area contributed by atoms with Crippen molar-refractivity contribution in [2.45, 2.75) is 91.6 Å². The van der Waals surface area contributed by atoms with Crippen molar-refractivity contribution in [1.29, 1.82) is 0 Å². The second-order valence-electron chi connectivity index (χ2n) is 12.5. The highest BCUT2D eigenvalue weighted by atomic mass is 32.2. The quantitative estimate of drug-likeness (QED) is 0.219. The zero-order valence-electron chi connectivity index (χ0n) is 22.8. The number of ether oxygens (including phenoxy) is 2. The number of carbonyl (C=O) groups is 1. The standard InChI is InChI=1S/C34H39O3S/c1-4-32(2,3)31(35)37-34-22-25-19-26(23-34)21-33(20-25,24-34)36-27-15-17-30(18-16-27)38(28-11-7-5-8-12-28)29-13-9-6-10-14-29/h5-18,25-26H,4,19-24H2,1-3H3/q+1. The Kier molecular flexibility index (Phi) is 6.58. The molecule has 0 spiro atoms. The van der Waals surface area contributed by atoms with Gasteiger partial charge in [-0.05, 0) is 113 Å². The van der Waals surface area contributed by atoms with E-state index in [9.17, 15) is 4.79 Å². The number of hydrogen-bond acceptors (Lipinski definition) is 3. The fraction of sp³-hybridized carbons (Fsp3) is 0.441. The second kappa shape index (κ2) is 9.79. The molecule has 0 aromatic heterocycles. The average Bonchev–Trinajstić information content (AvgIpc) is 2.90. The van der Waals surface area contributed by atoms with Gasteiger partial charge in [0.25, 0.3) is 0 Å². The number of hydrogen-bond donors (Lipinski definition) is 0. The Morgan fingerprint density at radius 1 is 0.789 bits per heavy atom. The molecule has 4 saturated carbocycles. The first-order chi connectivity index (χ1) is 18.3. The van der Waals surface area contributed by atoms with E-state index in [1.54, 1.807) is 0 Å². The van der Waals surface area contributed by atoms with E-state index >= 15 is 0 Å². The molecule has 198 valence electrons. The van der Waals surface area contributed by atoms with E-state index in [0.717, 1.165) is 44.3 Å². The third kappa shape index (κ3) is 4.88. The van der Waals surface area contributed by atoms with Crippen LogP contribution in [0.2, 0.25) is 0 Å². The van der Waals surface area contributed by atoms with Gasteiger partial charge >= 0.3 is 5.97 Å². The van der Waals surface area contributed by atoms with Crippen LogP contribution in [0.15, 0.2) is 99.6 Å². The predicted molar refractivity (Wildman–Crippen MR) is 152 cm³/mol. The van der Waals surface area contributed by atoms with E-state index in [1.165, 1.54) is 21.1 Å². The number of carbonyl (C=O) groups excluding carboxylic acids is 1. The van der Waals surface area contributed by atoms with Crippen LogP contribution in [0.1, 0.15) is 65.7 Å². The lowest BCUT2D eigenvalue weighted by atomic mass is 9.52. The molecule has 4 aliphatic rings. The molecule has 3 nitrogen and oxygen atoms in total. The van der Waals surface area contributed by atoms with Crippen molar-refractivity contribution in [3.8, 4) is 5.75 Å². The van der Waals surface area contributed by atoms with Crippen LogP contribution in [0.4, 0.5) is 0 Å². The van der Waals surface area contributed by atoms with Gasteiger partial charge in [0.1, 0.15) is 17.0 Å². The smallest absolute Gasteiger partial charge is 0.312 e. The minimum absolute atomic E-state index is 0.0460. The fourth-order valence-corrected chi connectivity index (χ4v) is 9.31. The Hall–Kier alpha value is -2.72. The largest absolute Gasteiger partial charge is 0.487 e. The molecule has 3 aromatic rings. The normalized spacial score (nSPS) is 27.9. The molecule has 2 unspecified atom stereocenters. The molecule has 4 bridgehead atoms. The summed E-state index contributed by atoms with van der Waals surface area (Å²) in [7, 11) is -0.171. The van der Waals surface area contributed by atoms with Crippen LogP contribution >= 0.6 is 0 Å². The van der Waals surface area contributed by atoms with Crippen LogP contribution < -0.4 is 4.74 Å². The maximum atomic E-state index is 13.1. The molecule has 4 heteroatoms. The van der Waals surface area contributed by atoms with Crippen molar-refractivity contribution in [3.05, 3.63) is 84.9 Å². The Bertz CT molecular complexity index is 1210. The maximum Gasteiger partial charge on any atom is 0.312 e. The van der Waals surface area contributed by atoms with Crippen LogP contribution in [0, 0.1) is 17.3 Å². The Labute approximate surface area is 230 Å². The summed E-state index contributed by atoms with van der Waals surface area (Å²) in [5.74, 6) is 2.04. The molecule has 0 aliphatic heterocycles. The summed E-state index contributed by atoms with van der Waals surface area (Å²) in [5, 5.41) is 0. The molecular weight excluding hydrogens is 488 g/mol. The third-order valence-electron chi connectivity index (χ3n) is 9.05. The molecule has 0 heterocycles.